The fourth-order valence-corrected chi connectivity index (χ4v) is 15.5. The number of nitrogens with one attached hydrogen (secondary N) is 4. The molecule has 518 valence electrons. The zero-order valence-corrected chi connectivity index (χ0v) is 57.8. The quantitative estimate of drug-likeness (QED) is 0.0560. The molecule has 2 aliphatic carbocycles. The molecule has 102 heavy (non-hydrogen) atoms. The highest BCUT2D eigenvalue weighted by Gasteiger charge is 2.38. The Morgan fingerprint density at radius 3 is 1.51 bits per heavy atom. The Balaban J connectivity index is 0.000000119. The van der Waals surface area contributed by atoms with E-state index in [0.29, 0.717) is 36.5 Å². The van der Waals surface area contributed by atoms with Crippen LogP contribution in [0.5, 0.6) is 0 Å². The van der Waals surface area contributed by atoms with Crippen LogP contribution >= 0.6 is 0 Å². The fourth-order valence-electron chi connectivity index (χ4n) is 15.5. The minimum atomic E-state index is -0.509. The van der Waals surface area contributed by atoms with Crippen molar-refractivity contribution in [1.29, 1.82) is 0 Å². The van der Waals surface area contributed by atoms with Crippen LogP contribution in [0.25, 0.3) is 94.3 Å². The normalized spacial score (nSPS) is 17.0. The highest BCUT2D eigenvalue weighted by atomic mass is 16.6. The molecular weight excluding hydrogens is 1280 g/mol. The van der Waals surface area contributed by atoms with E-state index in [1.54, 1.807) is 23.5 Å². The van der Waals surface area contributed by atoms with E-state index in [0.717, 1.165) is 178 Å². The summed E-state index contributed by atoms with van der Waals surface area (Å²) >= 11 is 0. The number of para-hydroxylation sites is 4. The number of likely N-dealkylation sites (tertiary alicyclic amines) is 2. The van der Waals surface area contributed by atoms with Gasteiger partial charge in [0.25, 0.3) is 0 Å². The van der Waals surface area contributed by atoms with Gasteiger partial charge in [-0.1, -0.05) is 84.4 Å². The molecule has 0 bridgehead atoms. The molecule has 2 aliphatic heterocycles. The lowest BCUT2D eigenvalue weighted by Crippen LogP contribution is -2.50. The van der Waals surface area contributed by atoms with E-state index in [1.165, 1.54) is 42.2 Å². The number of imidazole rings is 3. The lowest BCUT2D eigenvalue weighted by molar-refractivity contribution is -0.126. The fraction of sp³-hybridized carbons (Fsp3) is 0.312. The predicted molar refractivity (Wildman–Crippen MR) is 402 cm³/mol. The average molecular weight is 1360 g/mol. The molecule has 4 aliphatic rings. The van der Waals surface area contributed by atoms with E-state index in [2.05, 4.69) is 133 Å². The summed E-state index contributed by atoms with van der Waals surface area (Å²) in [6, 6.07) is 41.5. The molecule has 1 saturated carbocycles. The molecular formula is C80H85N19O3. The van der Waals surface area contributed by atoms with E-state index in [-0.39, 0.29) is 29.8 Å². The van der Waals surface area contributed by atoms with Gasteiger partial charge < -0.3 is 47.1 Å². The van der Waals surface area contributed by atoms with Gasteiger partial charge in [-0.05, 0) is 159 Å². The van der Waals surface area contributed by atoms with E-state index in [4.69, 9.17) is 36.9 Å². The number of rotatable bonds is 12. The summed E-state index contributed by atoms with van der Waals surface area (Å²) in [6.07, 6.45) is 26.8. The number of hydrogen-bond donors (Lipinski definition) is 7. The summed E-state index contributed by atoms with van der Waals surface area (Å²) in [4.78, 5) is 72.7. The minimum absolute atomic E-state index is 0.0905. The van der Waals surface area contributed by atoms with Gasteiger partial charge in [-0.3, -0.25) is 27.9 Å². The number of allylic oxidation sites excluding steroid dienone is 1. The van der Waals surface area contributed by atoms with Crippen LogP contribution in [0.3, 0.4) is 0 Å². The Labute approximate surface area is 589 Å². The van der Waals surface area contributed by atoms with Crippen LogP contribution in [0.1, 0.15) is 132 Å². The van der Waals surface area contributed by atoms with Crippen molar-refractivity contribution in [2.45, 2.75) is 121 Å². The zero-order chi connectivity index (χ0) is 69.6. The van der Waals surface area contributed by atoms with Gasteiger partial charge >= 0.3 is 6.09 Å². The maximum Gasteiger partial charge on any atom is 0.410 e. The van der Waals surface area contributed by atoms with Crippen LogP contribution in [0.4, 0.5) is 22.2 Å². The molecule has 2 amide bonds. The number of ether oxygens (including phenoxy) is 1. The number of carbonyl (C=O) groups is 2. The molecule has 0 atom stereocenters. The molecule has 10 aromatic heterocycles. The number of anilines is 3. The third kappa shape index (κ3) is 13.2. The smallest absolute Gasteiger partial charge is 0.410 e. The van der Waals surface area contributed by atoms with Crippen molar-refractivity contribution >= 4 is 89.6 Å². The van der Waals surface area contributed by atoms with Crippen LogP contribution in [-0.4, -0.2) is 123 Å². The van der Waals surface area contributed by atoms with Crippen LogP contribution < -0.4 is 22.5 Å². The van der Waals surface area contributed by atoms with Gasteiger partial charge in [0.05, 0.1) is 28.5 Å². The summed E-state index contributed by atoms with van der Waals surface area (Å²) in [5, 5.41) is 7.81. The molecule has 22 nitrogen and oxygen atoms in total. The van der Waals surface area contributed by atoms with E-state index >= 15 is 0 Å². The van der Waals surface area contributed by atoms with Gasteiger partial charge in [-0.25, -0.2) is 34.7 Å². The number of nitrogens with two attached hydrogens (primary N) is 3. The number of benzene rings is 4. The molecule has 22 heteroatoms. The number of hydrogen-bond acceptors (Lipinski definition) is 14. The molecule has 3 fully saturated rings. The second kappa shape index (κ2) is 27.6. The van der Waals surface area contributed by atoms with Gasteiger partial charge in [-0.15, -0.1) is 0 Å². The Hall–Kier alpha value is -11.4. The SMILES string of the molecule is CC(C)(C)OC(=O)N1CC(c2nc(-c3cc4ccccc4[nH]3)c3c(N)nccn23)C1.Nc1nccn2c(C3CCC(C(=O)NCCC4=CCCCC4)CC3)nc(-c3cc4ccccc4[nH]3)c12.Nc1nccn2c(C3CCN(Cc4cnc5ccccc5c4)CC3)nc(-c3cc4ccccc4[nH]3)c12. The Morgan fingerprint density at radius 2 is 1.03 bits per heavy atom. The molecule has 0 spiro atoms. The van der Waals surface area contributed by atoms with Crippen molar-refractivity contribution in [3.63, 3.8) is 0 Å². The van der Waals surface area contributed by atoms with Gasteiger partial charge in [0, 0.05) is 125 Å². The lowest BCUT2D eigenvalue weighted by atomic mass is 9.81. The monoisotopic (exact) mass is 1360 g/mol. The Kier molecular flexibility index (Phi) is 17.7. The topological polar surface area (TPSA) is 291 Å². The molecule has 4 aromatic carbocycles. The third-order valence-electron chi connectivity index (χ3n) is 20.7. The van der Waals surface area contributed by atoms with Crippen molar-refractivity contribution < 1.29 is 14.3 Å². The van der Waals surface area contributed by atoms with Gasteiger partial charge in [-0.2, -0.15) is 0 Å². The van der Waals surface area contributed by atoms with Crippen LogP contribution in [0, 0.1) is 5.92 Å². The Morgan fingerprint density at radius 1 is 0.559 bits per heavy atom. The minimum Gasteiger partial charge on any atom is -0.444 e. The van der Waals surface area contributed by atoms with Crippen molar-refractivity contribution in [3.8, 4) is 34.2 Å². The second-order valence-corrected chi connectivity index (χ2v) is 28.7. The van der Waals surface area contributed by atoms with E-state index < -0.39 is 5.60 Å². The number of nitrogens with zero attached hydrogens (tertiary/aromatic N) is 12. The molecule has 2 saturated heterocycles. The van der Waals surface area contributed by atoms with Crippen molar-refractivity contribution in [2.24, 2.45) is 5.92 Å². The highest BCUT2D eigenvalue weighted by Crippen LogP contribution is 2.41. The maximum atomic E-state index is 12.8. The third-order valence-corrected chi connectivity index (χ3v) is 20.7. The van der Waals surface area contributed by atoms with Crippen molar-refractivity contribution in [3.05, 3.63) is 199 Å². The van der Waals surface area contributed by atoms with E-state index in [1.807, 2.05) is 98.5 Å². The van der Waals surface area contributed by atoms with Gasteiger partial charge in [0.1, 0.15) is 74.2 Å². The summed E-state index contributed by atoms with van der Waals surface area (Å²) in [7, 11) is 0. The zero-order valence-electron chi connectivity index (χ0n) is 57.8. The molecule has 18 rings (SSSR count). The summed E-state index contributed by atoms with van der Waals surface area (Å²) in [5.41, 5.74) is 33.3. The maximum absolute atomic E-state index is 12.8. The van der Waals surface area contributed by atoms with Crippen LogP contribution in [0.2, 0.25) is 0 Å². The van der Waals surface area contributed by atoms with Crippen LogP contribution in [-0.2, 0) is 16.1 Å². The predicted octanol–water partition coefficient (Wildman–Crippen LogP) is 14.9. The first-order chi connectivity index (χ1) is 49.7. The summed E-state index contributed by atoms with van der Waals surface area (Å²) in [6.45, 7) is 10.4. The van der Waals surface area contributed by atoms with Gasteiger partial charge in [0.15, 0.2) is 0 Å². The first-order valence-electron chi connectivity index (χ1n) is 35.8. The van der Waals surface area contributed by atoms with Crippen molar-refractivity contribution in [1.82, 2.24) is 78.2 Å². The lowest BCUT2D eigenvalue weighted by Gasteiger charge is -2.39. The average Bonchev–Trinajstić information content (AvgIpc) is 1.61. The molecule has 0 radical (unpaired) electrons. The van der Waals surface area contributed by atoms with Gasteiger partial charge in [0.2, 0.25) is 5.91 Å². The number of pyridine rings is 1. The number of aromatic amines is 3. The number of piperidine rings is 1. The number of H-pyrrole nitrogens is 3. The number of fused-ring (bicyclic) bond motifs is 7. The number of amides is 2. The second-order valence-electron chi connectivity index (χ2n) is 28.7. The largest absolute Gasteiger partial charge is 0.444 e. The molecule has 14 aromatic rings. The molecule has 10 N–H and O–H groups in total. The summed E-state index contributed by atoms with van der Waals surface area (Å²) in [5.74, 6) is 5.41. The Bertz CT molecular complexity index is 5350. The number of carbonyl (C=O) groups excluding carboxylic acids is 2. The standard InChI is InChI=1S/C29H27N7.C29H34N6O.C22H24N6O2/c30-28-27-26(25-16-22-6-2-4-8-24(22)33-25)34-29(36(27)14-11-31-28)20-9-12-35(13-10-20)18-19-15-21-5-1-3-7-23(21)32-17-19;30-27-26-25(24-18-22-8-4-5-9-23(22)33-24)34-28(35(26)17-16-31-27)20-10-12-21(13-11-20)29(36)32-15-14-19-6-2-1-3-7-19;1-22(2,3)30-21(29)27-11-14(12-27)20-26-17(18-19(23)24-8-9-28(18)20)16-10-13-6-4-5-7-15(13)25-16/h1-8,11,14-17,20,33H,9-10,12-13,18H2,(H2,30,31);4-6,8-9,16-18,20-21,33H,1-3,7,10-15H2,(H2,30,31)(H,32,36);4-10,14,25H,11-12H2,1-3H3,(H2,23,24). The summed E-state index contributed by atoms with van der Waals surface area (Å²) < 4.78 is 11.7. The molecule has 0 unspecified atom stereocenters. The van der Waals surface area contributed by atoms with Crippen molar-refractivity contribution in [2.75, 3.05) is 49.9 Å². The first-order valence-corrected chi connectivity index (χ1v) is 35.8. The van der Waals surface area contributed by atoms with E-state index in [9.17, 15) is 9.59 Å². The number of aromatic nitrogens is 13. The highest BCUT2D eigenvalue weighted by molar-refractivity contribution is 5.94. The van der Waals surface area contributed by atoms with Crippen LogP contribution in [0.15, 0.2) is 176 Å². The molecule has 12 heterocycles. The first kappa shape index (κ1) is 65.2. The number of nitrogen functional groups attached to an aromatic ring is 3.